The van der Waals surface area contributed by atoms with Gasteiger partial charge in [-0.15, -0.1) is 0 Å². The van der Waals surface area contributed by atoms with Gasteiger partial charge in [-0.3, -0.25) is 9.59 Å². The molecule has 2 aromatic carbocycles. The van der Waals surface area contributed by atoms with Crippen molar-refractivity contribution >= 4 is 23.7 Å². The van der Waals surface area contributed by atoms with Gasteiger partial charge in [0.1, 0.15) is 24.5 Å². The van der Waals surface area contributed by atoms with Crippen LogP contribution in [0.4, 0.5) is 14.5 Å². The lowest BCUT2D eigenvalue weighted by molar-refractivity contribution is -0.110. The van der Waals surface area contributed by atoms with Gasteiger partial charge in [0.25, 0.3) is 5.91 Å². The summed E-state index contributed by atoms with van der Waals surface area (Å²) in [7, 11) is 0. The smallest absolute Gasteiger partial charge is 0.270 e. The first-order valence-electron chi connectivity index (χ1n) is 6.76. The Balaban J connectivity index is 1.86. The maximum Gasteiger partial charge on any atom is 0.270 e. The zero-order chi connectivity index (χ0) is 17.5. The van der Waals surface area contributed by atoms with Crippen molar-refractivity contribution in [3.8, 4) is 0 Å². The van der Waals surface area contributed by atoms with E-state index in [9.17, 15) is 18.4 Å². The minimum atomic E-state index is -0.902. The van der Waals surface area contributed by atoms with Gasteiger partial charge in [0.2, 0.25) is 5.91 Å². The van der Waals surface area contributed by atoms with E-state index in [0.717, 1.165) is 18.3 Å². The van der Waals surface area contributed by atoms with Crippen LogP contribution in [0.5, 0.6) is 0 Å². The van der Waals surface area contributed by atoms with Gasteiger partial charge in [-0.2, -0.15) is 0 Å². The van der Waals surface area contributed by atoms with Crippen molar-refractivity contribution in [3.05, 3.63) is 65.2 Å². The third-order valence-corrected chi connectivity index (χ3v) is 2.88. The zero-order valence-electron chi connectivity index (χ0n) is 12.3. The number of oxime groups is 1. The number of carbonyl (C=O) groups is 2. The molecule has 0 aliphatic carbocycles. The maximum atomic E-state index is 13.4. The summed E-state index contributed by atoms with van der Waals surface area (Å²) in [5, 5.41) is 5.62. The van der Waals surface area contributed by atoms with Crippen LogP contribution in [0.25, 0.3) is 0 Å². The number of benzene rings is 2. The zero-order valence-corrected chi connectivity index (χ0v) is 12.3. The van der Waals surface area contributed by atoms with Gasteiger partial charge < -0.3 is 15.9 Å². The molecule has 0 heterocycles. The SMILES string of the molecule is NC(=O)c1cccc(CO/N=C/C(=O)Nc2ccc(F)cc2F)c1. The number of halogens is 2. The van der Waals surface area contributed by atoms with Gasteiger partial charge in [-0.05, 0) is 29.8 Å². The van der Waals surface area contributed by atoms with E-state index in [1.165, 1.54) is 6.07 Å². The highest BCUT2D eigenvalue weighted by Gasteiger charge is 2.06. The first-order valence-corrected chi connectivity index (χ1v) is 6.76. The van der Waals surface area contributed by atoms with Crippen molar-refractivity contribution in [2.45, 2.75) is 6.61 Å². The lowest BCUT2D eigenvalue weighted by atomic mass is 10.1. The summed E-state index contributed by atoms with van der Waals surface area (Å²) in [5.74, 6) is -2.96. The molecule has 2 aromatic rings. The first-order chi connectivity index (χ1) is 11.5. The standard InChI is InChI=1S/C16H13F2N3O3/c17-12-4-5-14(13(18)7-12)21-15(22)8-20-24-9-10-2-1-3-11(6-10)16(19)23/h1-8H,9H2,(H2,19,23)(H,21,22)/b20-8+. The van der Waals surface area contributed by atoms with Gasteiger partial charge in [-0.1, -0.05) is 17.3 Å². The number of rotatable bonds is 6. The number of anilines is 1. The van der Waals surface area contributed by atoms with Crippen LogP contribution in [0.2, 0.25) is 0 Å². The van der Waals surface area contributed by atoms with E-state index < -0.39 is 23.4 Å². The molecule has 0 aliphatic heterocycles. The van der Waals surface area contributed by atoms with Crippen molar-refractivity contribution < 1.29 is 23.2 Å². The Labute approximate surface area is 135 Å². The van der Waals surface area contributed by atoms with Crippen molar-refractivity contribution in [1.29, 1.82) is 0 Å². The van der Waals surface area contributed by atoms with E-state index in [1.54, 1.807) is 18.2 Å². The molecule has 124 valence electrons. The van der Waals surface area contributed by atoms with E-state index in [4.69, 9.17) is 10.6 Å². The molecular weight excluding hydrogens is 320 g/mol. The monoisotopic (exact) mass is 333 g/mol. The summed E-state index contributed by atoms with van der Waals surface area (Å²) >= 11 is 0. The Morgan fingerprint density at radius 2 is 2.00 bits per heavy atom. The molecule has 0 atom stereocenters. The lowest BCUT2D eigenvalue weighted by Crippen LogP contribution is -2.14. The molecule has 0 aromatic heterocycles. The van der Waals surface area contributed by atoms with Crippen LogP contribution in [0, 0.1) is 11.6 Å². The van der Waals surface area contributed by atoms with Crippen LogP contribution in [0.1, 0.15) is 15.9 Å². The highest BCUT2D eigenvalue weighted by atomic mass is 19.1. The summed E-state index contributed by atoms with van der Waals surface area (Å²) in [5.41, 5.74) is 5.93. The molecule has 0 saturated carbocycles. The maximum absolute atomic E-state index is 13.4. The van der Waals surface area contributed by atoms with E-state index in [1.807, 2.05) is 0 Å². The normalized spacial score (nSPS) is 10.6. The molecule has 2 amide bonds. The Morgan fingerprint density at radius 1 is 1.21 bits per heavy atom. The number of nitrogens with zero attached hydrogens (tertiary/aromatic N) is 1. The predicted molar refractivity (Wildman–Crippen MR) is 83.2 cm³/mol. The summed E-state index contributed by atoms with van der Waals surface area (Å²) in [4.78, 5) is 27.5. The van der Waals surface area contributed by atoms with Gasteiger partial charge >= 0.3 is 0 Å². The van der Waals surface area contributed by atoms with Gasteiger partial charge in [-0.25, -0.2) is 8.78 Å². The second-order valence-corrected chi connectivity index (χ2v) is 4.69. The van der Waals surface area contributed by atoms with Gasteiger partial charge in [0.15, 0.2) is 0 Å². The quantitative estimate of drug-likeness (QED) is 0.627. The Hall–Kier alpha value is -3.29. The summed E-state index contributed by atoms with van der Waals surface area (Å²) in [6.45, 7) is 0.00973. The fraction of sp³-hybridized carbons (Fsp3) is 0.0625. The largest absolute Gasteiger partial charge is 0.391 e. The van der Waals surface area contributed by atoms with Gasteiger partial charge in [0, 0.05) is 11.6 Å². The van der Waals surface area contributed by atoms with E-state index in [-0.39, 0.29) is 12.3 Å². The summed E-state index contributed by atoms with van der Waals surface area (Å²) < 4.78 is 26.1. The molecule has 0 saturated heterocycles. The number of carbonyl (C=O) groups excluding carboxylic acids is 2. The van der Waals surface area contributed by atoms with Crippen LogP contribution >= 0.6 is 0 Å². The van der Waals surface area contributed by atoms with Crippen LogP contribution < -0.4 is 11.1 Å². The highest BCUT2D eigenvalue weighted by molar-refractivity contribution is 6.31. The molecule has 2 rings (SSSR count). The third kappa shape index (κ3) is 4.87. The molecule has 0 fully saturated rings. The minimum absolute atomic E-state index is 0.00973. The van der Waals surface area contributed by atoms with Crippen molar-refractivity contribution in [1.82, 2.24) is 0 Å². The molecule has 8 heteroatoms. The molecule has 3 N–H and O–H groups in total. The number of nitrogens with two attached hydrogens (primary N) is 1. The molecular formula is C16H13F2N3O3. The third-order valence-electron chi connectivity index (χ3n) is 2.88. The van der Waals surface area contributed by atoms with Crippen LogP contribution in [0.15, 0.2) is 47.6 Å². The average Bonchev–Trinajstić information content (AvgIpc) is 2.54. The van der Waals surface area contributed by atoms with E-state index >= 15 is 0 Å². The van der Waals surface area contributed by atoms with Crippen LogP contribution in [-0.2, 0) is 16.2 Å². The van der Waals surface area contributed by atoms with E-state index in [2.05, 4.69) is 10.5 Å². The predicted octanol–water partition coefficient (Wildman–Crippen LogP) is 2.20. The topological polar surface area (TPSA) is 93.8 Å². The average molecular weight is 333 g/mol. The van der Waals surface area contributed by atoms with Crippen molar-refractivity contribution in [2.24, 2.45) is 10.9 Å². The fourth-order valence-corrected chi connectivity index (χ4v) is 1.77. The molecule has 0 aliphatic rings. The van der Waals surface area contributed by atoms with Crippen LogP contribution in [0.3, 0.4) is 0 Å². The Bertz CT molecular complexity index is 794. The second-order valence-electron chi connectivity index (χ2n) is 4.69. The molecule has 0 radical (unpaired) electrons. The minimum Gasteiger partial charge on any atom is -0.391 e. The Kier molecular flexibility index (Phi) is 5.56. The second kappa shape index (κ2) is 7.82. The number of hydrogen-bond donors (Lipinski definition) is 2. The van der Waals surface area contributed by atoms with Crippen LogP contribution in [-0.4, -0.2) is 18.0 Å². The number of amides is 2. The van der Waals surface area contributed by atoms with Gasteiger partial charge in [0.05, 0.1) is 5.69 Å². The summed E-state index contributed by atoms with van der Waals surface area (Å²) in [6.07, 6.45) is 0.806. The number of hydrogen-bond acceptors (Lipinski definition) is 4. The molecule has 24 heavy (non-hydrogen) atoms. The molecule has 0 bridgehead atoms. The molecule has 6 nitrogen and oxygen atoms in total. The first kappa shape index (κ1) is 17.1. The van der Waals surface area contributed by atoms with E-state index in [0.29, 0.717) is 17.2 Å². The number of primary amides is 1. The number of nitrogens with one attached hydrogen (secondary N) is 1. The molecule has 0 unspecified atom stereocenters. The molecule has 0 spiro atoms. The van der Waals surface area contributed by atoms with Crippen molar-refractivity contribution in [3.63, 3.8) is 0 Å². The lowest BCUT2D eigenvalue weighted by Gasteiger charge is -2.03. The highest BCUT2D eigenvalue weighted by Crippen LogP contribution is 2.14. The fourth-order valence-electron chi connectivity index (χ4n) is 1.77. The Morgan fingerprint density at radius 3 is 2.71 bits per heavy atom. The van der Waals surface area contributed by atoms with Crippen molar-refractivity contribution in [2.75, 3.05) is 5.32 Å². The summed E-state index contributed by atoms with van der Waals surface area (Å²) in [6, 6.07) is 9.16.